The van der Waals surface area contributed by atoms with Gasteiger partial charge < -0.3 is 9.88 Å². The molecular weight excluding hydrogens is 180 g/mol. The van der Waals surface area contributed by atoms with E-state index in [-0.39, 0.29) is 6.04 Å². The van der Waals surface area contributed by atoms with Gasteiger partial charge in [0.25, 0.3) is 0 Å². The lowest BCUT2D eigenvalue weighted by atomic mass is 10.3. The van der Waals surface area contributed by atoms with E-state index in [1.165, 1.54) is 6.33 Å². The number of rotatable bonds is 3. The van der Waals surface area contributed by atoms with Gasteiger partial charge >= 0.3 is 0 Å². The summed E-state index contributed by atoms with van der Waals surface area (Å²) in [4.78, 5) is 8.22. The van der Waals surface area contributed by atoms with Crippen LogP contribution in [0.25, 0.3) is 0 Å². The van der Waals surface area contributed by atoms with Crippen LogP contribution in [0.15, 0.2) is 18.7 Å². The van der Waals surface area contributed by atoms with E-state index in [4.69, 9.17) is 0 Å². The molecule has 0 aliphatic heterocycles. The number of hydrogen-bond acceptors (Lipinski definition) is 4. The van der Waals surface area contributed by atoms with Crippen LogP contribution < -0.4 is 5.32 Å². The molecule has 0 amide bonds. The highest BCUT2D eigenvalue weighted by Crippen LogP contribution is 2.12. The zero-order chi connectivity index (χ0) is 9.97. The van der Waals surface area contributed by atoms with E-state index >= 15 is 0 Å². The van der Waals surface area contributed by atoms with Crippen molar-refractivity contribution in [3.8, 4) is 0 Å². The minimum atomic E-state index is 0.0681. The standard InChI is InChI=1S/C8H12N6/c1-6(7-10-5-11-13-7)12-8-9-3-4-14(8)2/h3-6H,1-2H3,(H,9,12)(H,10,11,13). The SMILES string of the molecule is CC(Nc1nccn1C)c1ncn[nH]1. The molecule has 2 aromatic rings. The molecule has 1 unspecified atom stereocenters. The second-order valence-corrected chi connectivity index (χ2v) is 3.10. The minimum absolute atomic E-state index is 0.0681. The van der Waals surface area contributed by atoms with E-state index in [1.807, 2.05) is 24.7 Å². The number of hydrogen-bond donors (Lipinski definition) is 2. The number of aryl methyl sites for hydroxylation is 1. The molecular formula is C8H12N6. The number of aromatic nitrogens is 5. The van der Waals surface area contributed by atoms with Gasteiger partial charge in [-0.05, 0) is 6.92 Å². The fourth-order valence-corrected chi connectivity index (χ4v) is 1.19. The van der Waals surface area contributed by atoms with Crippen molar-refractivity contribution >= 4 is 5.95 Å². The molecule has 0 saturated heterocycles. The van der Waals surface area contributed by atoms with Gasteiger partial charge in [0, 0.05) is 19.4 Å². The highest BCUT2D eigenvalue weighted by molar-refractivity contribution is 5.28. The van der Waals surface area contributed by atoms with Crippen molar-refractivity contribution in [2.75, 3.05) is 5.32 Å². The van der Waals surface area contributed by atoms with Crippen LogP contribution in [0.5, 0.6) is 0 Å². The van der Waals surface area contributed by atoms with Crippen LogP contribution in [0.3, 0.4) is 0 Å². The van der Waals surface area contributed by atoms with Gasteiger partial charge in [0.05, 0.1) is 6.04 Å². The van der Waals surface area contributed by atoms with Crippen molar-refractivity contribution in [2.45, 2.75) is 13.0 Å². The van der Waals surface area contributed by atoms with Crippen molar-refractivity contribution in [1.29, 1.82) is 0 Å². The average molecular weight is 192 g/mol. The normalized spacial score (nSPS) is 12.7. The quantitative estimate of drug-likeness (QED) is 0.751. The molecule has 0 fully saturated rings. The third-order valence-corrected chi connectivity index (χ3v) is 2.01. The van der Waals surface area contributed by atoms with E-state index in [9.17, 15) is 0 Å². The monoisotopic (exact) mass is 192 g/mol. The number of H-pyrrole nitrogens is 1. The molecule has 2 aromatic heterocycles. The van der Waals surface area contributed by atoms with Crippen LogP contribution in [-0.4, -0.2) is 24.7 Å². The summed E-state index contributed by atoms with van der Waals surface area (Å²) in [6.45, 7) is 2.00. The number of nitrogens with one attached hydrogen (secondary N) is 2. The lowest BCUT2D eigenvalue weighted by molar-refractivity contribution is 0.767. The third kappa shape index (κ3) is 1.59. The molecule has 6 nitrogen and oxygen atoms in total. The van der Waals surface area contributed by atoms with Gasteiger partial charge in [-0.3, -0.25) is 5.10 Å². The summed E-state index contributed by atoms with van der Waals surface area (Å²) < 4.78 is 1.91. The maximum atomic E-state index is 4.16. The van der Waals surface area contributed by atoms with Crippen molar-refractivity contribution < 1.29 is 0 Å². The van der Waals surface area contributed by atoms with Gasteiger partial charge in [-0.25, -0.2) is 9.97 Å². The van der Waals surface area contributed by atoms with Gasteiger partial charge in [-0.15, -0.1) is 0 Å². The molecule has 2 rings (SSSR count). The Kier molecular flexibility index (Phi) is 2.18. The molecule has 1 atom stereocenters. The number of imidazole rings is 1. The van der Waals surface area contributed by atoms with E-state index < -0.39 is 0 Å². The predicted molar refractivity (Wildman–Crippen MR) is 51.6 cm³/mol. The second-order valence-electron chi connectivity index (χ2n) is 3.10. The lowest BCUT2D eigenvalue weighted by Crippen LogP contribution is -2.11. The van der Waals surface area contributed by atoms with Crippen molar-refractivity contribution in [3.63, 3.8) is 0 Å². The molecule has 6 heteroatoms. The fraction of sp³-hybridized carbons (Fsp3) is 0.375. The first-order valence-electron chi connectivity index (χ1n) is 4.36. The molecule has 74 valence electrons. The van der Waals surface area contributed by atoms with E-state index in [0.717, 1.165) is 11.8 Å². The van der Waals surface area contributed by atoms with Crippen LogP contribution >= 0.6 is 0 Å². The Bertz CT molecular complexity index is 390. The third-order valence-electron chi connectivity index (χ3n) is 2.01. The first-order chi connectivity index (χ1) is 6.77. The van der Waals surface area contributed by atoms with Crippen LogP contribution in [0.1, 0.15) is 18.8 Å². The Labute approximate surface area is 81.4 Å². The fourth-order valence-electron chi connectivity index (χ4n) is 1.19. The molecule has 0 aromatic carbocycles. The van der Waals surface area contributed by atoms with Crippen LogP contribution in [0, 0.1) is 0 Å². The molecule has 0 aliphatic carbocycles. The molecule has 0 radical (unpaired) electrons. The average Bonchev–Trinajstić information content (AvgIpc) is 2.77. The van der Waals surface area contributed by atoms with Crippen molar-refractivity contribution in [3.05, 3.63) is 24.5 Å². The molecule has 0 aliphatic rings. The Balaban J connectivity index is 2.09. The van der Waals surface area contributed by atoms with Gasteiger partial charge in [0.15, 0.2) is 0 Å². The maximum Gasteiger partial charge on any atom is 0.203 e. The summed E-state index contributed by atoms with van der Waals surface area (Å²) in [7, 11) is 1.93. The Morgan fingerprint density at radius 1 is 1.50 bits per heavy atom. The van der Waals surface area contributed by atoms with Crippen molar-refractivity contribution in [2.24, 2.45) is 7.05 Å². The molecule has 0 bridgehead atoms. The van der Waals surface area contributed by atoms with E-state index in [1.54, 1.807) is 6.20 Å². The van der Waals surface area contributed by atoms with Crippen LogP contribution in [0.2, 0.25) is 0 Å². The Morgan fingerprint density at radius 3 is 2.93 bits per heavy atom. The lowest BCUT2D eigenvalue weighted by Gasteiger charge is -2.11. The Hall–Kier alpha value is -1.85. The van der Waals surface area contributed by atoms with Gasteiger partial charge in [-0.2, -0.15) is 5.10 Å². The largest absolute Gasteiger partial charge is 0.346 e. The van der Waals surface area contributed by atoms with Crippen LogP contribution in [0.4, 0.5) is 5.95 Å². The van der Waals surface area contributed by atoms with Crippen LogP contribution in [-0.2, 0) is 7.05 Å². The maximum absolute atomic E-state index is 4.16. The smallest absolute Gasteiger partial charge is 0.203 e. The molecule has 0 saturated carbocycles. The summed E-state index contributed by atoms with van der Waals surface area (Å²) in [5.41, 5.74) is 0. The Morgan fingerprint density at radius 2 is 2.36 bits per heavy atom. The van der Waals surface area contributed by atoms with E-state index in [2.05, 4.69) is 25.5 Å². The number of anilines is 1. The molecule has 2 heterocycles. The zero-order valence-electron chi connectivity index (χ0n) is 8.10. The van der Waals surface area contributed by atoms with Gasteiger partial charge in [0.2, 0.25) is 5.95 Å². The highest BCUT2D eigenvalue weighted by Gasteiger charge is 2.09. The first kappa shape index (κ1) is 8.74. The van der Waals surface area contributed by atoms with Crippen molar-refractivity contribution in [1.82, 2.24) is 24.7 Å². The second kappa shape index (κ2) is 3.49. The minimum Gasteiger partial charge on any atom is -0.346 e. The number of aromatic amines is 1. The highest BCUT2D eigenvalue weighted by atomic mass is 15.2. The van der Waals surface area contributed by atoms with Gasteiger partial charge in [0.1, 0.15) is 12.2 Å². The first-order valence-corrected chi connectivity index (χ1v) is 4.36. The summed E-state index contributed by atoms with van der Waals surface area (Å²) in [5, 5.41) is 9.81. The predicted octanol–water partition coefficient (Wildman–Crippen LogP) is 0.711. The summed E-state index contributed by atoms with van der Waals surface area (Å²) in [6.07, 6.45) is 5.12. The molecule has 14 heavy (non-hydrogen) atoms. The summed E-state index contributed by atoms with van der Waals surface area (Å²) >= 11 is 0. The summed E-state index contributed by atoms with van der Waals surface area (Å²) in [5.74, 6) is 1.61. The zero-order valence-corrected chi connectivity index (χ0v) is 8.10. The number of nitrogens with zero attached hydrogens (tertiary/aromatic N) is 4. The molecule has 2 N–H and O–H groups in total. The summed E-state index contributed by atoms with van der Waals surface area (Å²) in [6, 6.07) is 0.0681. The topological polar surface area (TPSA) is 71.4 Å². The van der Waals surface area contributed by atoms with Gasteiger partial charge in [-0.1, -0.05) is 0 Å². The van der Waals surface area contributed by atoms with E-state index in [0.29, 0.717) is 0 Å². The molecule has 0 spiro atoms.